The number of carbonyl (C=O) groups is 1. The molecule has 0 aliphatic heterocycles. The fourth-order valence-corrected chi connectivity index (χ4v) is 2.70. The van der Waals surface area contributed by atoms with Gasteiger partial charge in [0.1, 0.15) is 6.42 Å². The lowest BCUT2D eigenvalue weighted by Gasteiger charge is -2.21. The number of hydrogen-bond donors (Lipinski definition) is 0. The van der Waals surface area contributed by atoms with Crippen molar-refractivity contribution in [3.8, 4) is 0 Å². The Hall–Kier alpha value is -1.14. The minimum atomic E-state index is -5.10. The average molecular weight is 284 g/mol. The van der Waals surface area contributed by atoms with Crippen molar-refractivity contribution >= 4 is 5.97 Å². The molecule has 1 fully saturated rings. The van der Waals surface area contributed by atoms with Gasteiger partial charge >= 0.3 is 18.1 Å². The summed E-state index contributed by atoms with van der Waals surface area (Å²) in [5, 5.41) is 0. The molecule has 0 aromatic heterocycles. The van der Waals surface area contributed by atoms with Gasteiger partial charge in [-0.15, -0.1) is 0 Å². The molecular formula is C12H13F5O2. The summed E-state index contributed by atoms with van der Waals surface area (Å²) in [7, 11) is 0. The minimum absolute atomic E-state index is 0.0550. The van der Waals surface area contributed by atoms with Crippen LogP contribution in [0.4, 0.5) is 22.0 Å². The van der Waals surface area contributed by atoms with Crippen LogP contribution in [0.15, 0.2) is 12.2 Å². The standard InChI is InChI=1S/C12H13F5O2/c13-11(14,6-12(15,16)17)10(18)19-5-9-4-7-1-2-8(9)3-7/h1-2,7-9H,3-6H2. The lowest BCUT2D eigenvalue weighted by atomic mass is 9.95. The number of halogens is 5. The molecule has 0 aromatic rings. The first-order valence-corrected chi connectivity index (χ1v) is 5.97. The van der Waals surface area contributed by atoms with E-state index < -0.39 is 24.5 Å². The maximum atomic E-state index is 13.0. The third-order valence-corrected chi connectivity index (χ3v) is 3.57. The molecule has 0 radical (unpaired) electrons. The number of fused-ring (bicyclic) bond motifs is 2. The molecule has 2 bridgehead atoms. The van der Waals surface area contributed by atoms with E-state index in [1.54, 1.807) is 0 Å². The third kappa shape index (κ3) is 3.45. The van der Waals surface area contributed by atoms with E-state index in [9.17, 15) is 26.7 Å². The van der Waals surface area contributed by atoms with E-state index in [2.05, 4.69) is 4.74 Å². The summed E-state index contributed by atoms with van der Waals surface area (Å²) < 4.78 is 65.9. The summed E-state index contributed by atoms with van der Waals surface area (Å²) in [6, 6.07) is 0. The highest BCUT2D eigenvalue weighted by Crippen LogP contribution is 2.43. The summed E-state index contributed by atoms with van der Waals surface area (Å²) in [6.45, 7) is -0.238. The third-order valence-electron chi connectivity index (χ3n) is 3.57. The molecule has 0 spiro atoms. The number of rotatable bonds is 4. The fraction of sp³-hybridized carbons (Fsp3) is 0.750. The van der Waals surface area contributed by atoms with Gasteiger partial charge in [-0.05, 0) is 30.6 Å². The molecule has 3 atom stereocenters. The molecule has 2 nitrogen and oxygen atoms in total. The highest BCUT2D eigenvalue weighted by molar-refractivity contribution is 5.77. The molecule has 3 unspecified atom stereocenters. The Balaban J connectivity index is 1.82. The maximum Gasteiger partial charge on any atom is 0.395 e. The topological polar surface area (TPSA) is 26.3 Å². The van der Waals surface area contributed by atoms with Crippen molar-refractivity contribution in [3.63, 3.8) is 0 Å². The van der Waals surface area contributed by atoms with Crippen molar-refractivity contribution in [1.82, 2.24) is 0 Å². The molecule has 0 saturated heterocycles. The van der Waals surface area contributed by atoms with Gasteiger partial charge in [0.25, 0.3) is 0 Å². The highest BCUT2D eigenvalue weighted by atomic mass is 19.4. The number of carbonyl (C=O) groups excluding carboxylic acids is 1. The van der Waals surface area contributed by atoms with Crippen LogP contribution in [0.5, 0.6) is 0 Å². The predicted octanol–water partition coefficient (Wildman–Crippen LogP) is 3.33. The lowest BCUT2D eigenvalue weighted by Crippen LogP contribution is -2.37. The van der Waals surface area contributed by atoms with Crippen LogP contribution in [-0.4, -0.2) is 24.7 Å². The number of allylic oxidation sites excluding steroid dienone is 2. The number of alkyl halides is 5. The molecular weight excluding hydrogens is 271 g/mol. The zero-order valence-electron chi connectivity index (χ0n) is 9.92. The first kappa shape index (κ1) is 14.3. The summed E-state index contributed by atoms with van der Waals surface area (Å²) in [5.41, 5.74) is 0. The van der Waals surface area contributed by atoms with Gasteiger partial charge in [0.05, 0.1) is 6.61 Å². The minimum Gasteiger partial charge on any atom is -0.461 e. The van der Waals surface area contributed by atoms with Gasteiger partial charge in [0.15, 0.2) is 0 Å². The second-order valence-electron chi connectivity index (χ2n) is 5.14. The van der Waals surface area contributed by atoms with Crippen molar-refractivity contribution < 1.29 is 31.5 Å². The largest absolute Gasteiger partial charge is 0.461 e. The van der Waals surface area contributed by atoms with E-state index >= 15 is 0 Å². The molecule has 0 amide bonds. The predicted molar refractivity (Wildman–Crippen MR) is 55.4 cm³/mol. The number of esters is 1. The molecule has 108 valence electrons. The molecule has 2 rings (SSSR count). The molecule has 2 aliphatic rings. The molecule has 0 heterocycles. The molecule has 7 heteroatoms. The summed E-state index contributed by atoms with van der Waals surface area (Å²) in [6.07, 6.45) is -1.96. The van der Waals surface area contributed by atoms with Gasteiger partial charge in [-0.1, -0.05) is 12.2 Å². The first-order chi connectivity index (χ1) is 8.67. The highest BCUT2D eigenvalue weighted by Gasteiger charge is 2.51. The average Bonchev–Trinajstić information content (AvgIpc) is 2.83. The molecule has 0 N–H and O–H groups in total. The van der Waals surface area contributed by atoms with Gasteiger partial charge in [-0.25, -0.2) is 4.79 Å². The van der Waals surface area contributed by atoms with Crippen molar-refractivity contribution in [3.05, 3.63) is 12.2 Å². The molecule has 0 aromatic carbocycles. The summed E-state index contributed by atoms with van der Waals surface area (Å²) >= 11 is 0. The monoisotopic (exact) mass is 284 g/mol. The SMILES string of the molecule is O=C(OCC1CC2C=CC1C2)C(F)(F)CC(F)(F)F. The van der Waals surface area contributed by atoms with Crippen LogP contribution < -0.4 is 0 Å². The molecule has 1 saturated carbocycles. The summed E-state index contributed by atoms with van der Waals surface area (Å²) in [5.74, 6) is -6.08. The fourth-order valence-electron chi connectivity index (χ4n) is 2.70. The van der Waals surface area contributed by atoms with Crippen molar-refractivity contribution in [2.75, 3.05) is 6.61 Å². The Bertz CT molecular complexity index is 388. The second-order valence-corrected chi connectivity index (χ2v) is 5.14. The van der Waals surface area contributed by atoms with Gasteiger partial charge in [-0.3, -0.25) is 0 Å². The number of hydrogen-bond acceptors (Lipinski definition) is 2. The van der Waals surface area contributed by atoms with E-state index in [-0.39, 0.29) is 18.4 Å². The van der Waals surface area contributed by atoms with E-state index in [4.69, 9.17) is 0 Å². The molecule has 19 heavy (non-hydrogen) atoms. The smallest absolute Gasteiger partial charge is 0.395 e. The van der Waals surface area contributed by atoms with Crippen LogP contribution >= 0.6 is 0 Å². The van der Waals surface area contributed by atoms with Crippen LogP contribution in [0.25, 0.3) is 0 Å². The Kier molecular flexibility index (Phi) is 3.57. The normalized spacial score (nSPS) is 29.8. The van der Waals surface area contributed by atoms with E-state index in [1.165, 1.54) is 0 Å². The Morgan fingerprint density at radius 1 is 1.16 bits per heavy atom. The van der Waals surface area contributed by atoms with Gasteiger partial charge in [0.2, 0.25) is 0 Å². The van der Waals surface area contributed by atoms with Crippen LogP contribution in [0.2, 0.25) is 0 Å². The number of ether oxygens (including phenoxy) is 1. The van der Waals surface area contributed by atoms with Crippen LogP contribution in [0.3, 0.4) is 0 Å². The van der Waals surface area contributed by atoms with E-state index in [0.717, 1.165) is 12.8 Å². The van der Waals surface area contributed by atoms with Gasteiger partial charge < -0.3 is 4.74 Å². The van der Waals surface area contributed by atoms with Crippen LogP contribution in [-0.2, 0) is 9.53 Å². The van der Waals surface area contributed by atoms with Crippen molar-refractivity contribution in [1.29, 1.82) is 0 Å². The summed E-state index contributed by atoms with van der Waals surface area (Å²) in [4.78, 5) is 11.0. The van der Waals surface area contributed by atoms with E-state index in [1.807, 2.05) is 12.2 Å². The van der Waals surface area contributed by atoms with Gasteiger partial charge in [0, 0.05) is 0 Å². The van der Waals surface area contributed by atoms with Gasteiger partial charge in [-0.2, -0.15) is 22.0 Å². The maximum absolute atomic E-state index is 13.0. The van der Waals surface area contributed by atoms with Crippen molar-refractivity contribution in [2.45, 2.75) is 31.4 Å². The van der Waals surface area contributed by atoms with Crippen molar-refractivity contribution in [2.24, 2.45) is 17.8 Å². The Morgan fingerprint density at radius 2 is 1.84 bits per heavy atom. The van der Waals surface area contributed by atoms with Crippen LogP contribution in [0, 0.1) is 17.8 Å². The zero-order valence-corrected chi connectivity index (χ0v) is 9.92. The lowest BCUT2D eigenvalue weighted by molar-refractivity contribution is -0.209. The van der Waals surface area contributed by atoms with Crippen LogP contribution in [0.1, 0.15) is 19.3 Å². The quantitative estimate of drug-likeness (QED) is 0.449. The Morgan fingerprint density at radius 3 is 2.32 bits per heavy atom. The molecule has 2 aliphatic carbocycles. The zero-order chi connectivity index (χ0) is 14.3. The van der Waals surface area contributed by atoms with E-state index in [0.29, 0.717) is 5.92 Å². The first-order valence-electron chi connectivity index (χ1n) is 5.97. The Labute approximate surface area is 106 Å². The second kappa shape index (κ2) is 4.76.